The van der Waals surface area contributed by atoms with Gasteiger partial charge in [-0.2, -0.15) is 5.26 Å². The largest absolute Gasteiger partial charge is 0.321 e. The standard InChI is InChI=1S/C26H19Cl2N3O2S/c1-16-6-5-7-17(12-16)13-23-25(33)31(19-8-3-2-4-9-19)26(34-23)20(15-29)24(32)30-18-10-11-21(27)22(28)14-18/h2-12,14,23H,13H2,1H3,(H,30,32)/b26-20-/t23-/m1/s1. The van der Waals surface area contributed by atoms with Crippen molar-refractivity contribution >= 4 is 58.2 Å². The lowest BCUT2D eigenvalue weighted by Crippen LogP contribution is -2.30. The van der Waals surface area contributed by atoms with Gasteiger partial charge in [0.2, 0.25) is 5.91 Å². The number of carbonyl (C=O) groups is 2. The van der Waals surface area contributed by atoms with Crippen molar-refractivity contribution in [2.24, 2.45) is 0 Å². The lowest BCUT2D eigenvalue weighted by molar-refractivity contribution is -0.117. The maximum absolute atomic E-state index is 13.5. The maximum atomic E-state index is 13.5. The van der Waals surface area contributed by atoms with Crippen LogP contribution in [0.2, 0.25) is 10.0 Å². The van der Waals surface area contributed by atoms with Crippen molar-refractivity contribution in [1.29, 1.82) is 5.26 Å². The summed E-state index contributed by atoms with van der Waals surface area (Å²) in [6.07, 6.45) is 0.477. The van der Waals surface area contributed by atoms with Gasteiger partial charge in [0.1, 0.15) is 16.7 Å². The van der Waals surface area contributed by atoms with Gasteiger partial charge in [-0.15, -0.1) is 0 Å². The highest BCUT2D eigenvalue weighted by atomic mass is 35.5. The smallest absolute Gasteiger partial charge is 0.269 e. The van der Waals surface area contributed by atoms with E-state index in [4.69, 9.17) is 23.2 Å². The lowest BCUT2D eigenvalue weighted by Gasteiger charge is -2.18. The van der Waals surface area contributed by atoms with Gasteiger partial charge in [-0.25, -0.2) is 0 Å². The second kappa shape index (κ2) is 10.4. The Morgan fingerprint density at radius 3 is 2.50 bits per heavy atom. The molecular weight excluding hydrogens is 489 g/mol. The van der Waals surface area contributed by atoms with Crippen LogP contribution in [0.5, 0.6) is 0 Å². The van der Waals surface area contributed by atoms with Gasteiger partial charge in [0.05, 0.1) is 15.3 Å². The van der Waals surface area contributed by atoms with Crippen LogP contribution in [0.25, 0.3) is 0 Å². The summed E-state index contributed by atoms with van der Waals surface area (Å²) < 4.78 is 0. The third-order valence-electron chi connectivity index (χ3n) is 5.20. The number of anilines is 2. The van der Waals surface area contributed by atoms with Gasteiger partial charge in [0.15, 0.2) is 0 Å². The Kier molecular flexibility index (Phi) is 7.28. The van der Waals surface area contributed by atoms with Crippen molar-refractivity contribution in [2.75, 3.05) is 10.2 Å². The Labute approximate surface area is 212 Å². The first-order valence-corrected chi connectivity index (χ1v) is 12.0. The fourth-order valence-corrected chi connectivity index (χ4v) is 5.23. The van der Waals surface area contributed by atoms with Gasteiger partial charge >= 0.3 is 0 Å². The second-order valence-corrected chi connectivity index (χ2v) is 9.69. The van der Waals surface area contributed by atoms with Crippen molar-refractivity contribution in [3.63, 3.8) is 0 Å². The molecule has 1 saturated heterocycles. The predicted molar refractivity (Wildman–Crippen MR) is 138 cm³/mol. The quantitative estimate of drug-likeness (QED) is 0.321. The first-order chi connectivity index (χ1) is 16.4. The molecule has 0 unspecified atom stereocenters. The molecule has 2 amide bonds. The van der Waals surface area contributed by atoms with E-state index >= 15 is 0 Å². The number of hydrogen-bond acceptors (Lipinski definition) is 4. The fourth-order valence-electron chi connectivity index (χ4n) is 3.62. The van der Waals surface area contributed by atoms with Gasteiger partial charge in [0, 0.05) is 11.4 Å². The van der Waals surface area contributed by atoms with E-state index in [1.807, 2.05) is 43.3 Å². The van der Waals surface area contributed by atoms with E-state index in [9.17, 15) is 14.9 Å². The first kappa shape index (κ1) is 23.9. The molecule has 0 bridgehead atoms. The normalized spacial score (nSPS) is 16.8. The summed E-state index contributed by atoms with van der Waals surface area (Å²) in [6, 6.07) is 23.6. The minimum Gasteiger partial charge on any atom is -0.321 e. The minimum absolute atomic E-state index is 0.153. The Morgan fingerprint density at radius 1 is 1.06 bits per heavy atom. The summed E-state index contributed by atoms with van der Waals surface area (Å²) in [7, 11) is 0. The molecule has 34 heavy (non-hydrogen) atoms. The van der Waals surface area contributed by atoms with Crippen LogP contribution in [0.4, 0.5) is 11.4 Å². The molecule has 1 fully saturated rings. The maximum Gasteiger partial charge on any atom is 0.269 e. The van der Waals surface area contributed by atoms with Crippen LogP contribution in [0, 0.1) is 18.3 Å². The SMILES string of the molecule is Cc1cccc(C[C@H]2S/C(=C(/C#N)C(=O)Nc3ccc(Cl)c(Cl)c3)N(c3ccccc3)C2=O)c1. The van der Waals surface area contributed by atoms with Crippen LogP contribution < -0.4 is 10.2 Å². The van der Waals surface area contributed by atoms with Crippen LogP contribution in [0.1, 0.15) is 11.1 Å². The van der Waals surface area contributed by atoms with Gasteiger partial charge in [-0.1, -0.05) is 83.0 Å². The van der Waals surface area contributed by atoms with E-state index in [-0.39, 0.29) is 16.5 Å². The average Bonchev–Trinajstić information content (AvgIpc) is 3.13. The molecule has 4 rings (SSSR count). The number of para-hydroxylation sites is 1. The van der Waals surface area contributed by atoms with Crippen LogP contribution in [0.15, 0.2) is 83.4 Å². The number of benzene rings is 3. The molecule has 0 aliphatic carbocycles. The third kappa shape index (κ3) is 5.13. The Morgan fingerprint density at radius 2 is 1.82 bits per heavy atom. The number of nitrogens with zero attached hydrogens (tertiary/aromatic N) is 2. The molecular formula is C26H19Cl2N3O2S. The highest BCUT2D eigenvalue weighted by molar-refractivity contribution is 8.05. The number of thioether (sulfide) groups is 1. The summed E-state index contributed by atoms with van der Waals surface area (Å²) in [5, 5.41) is 13.1. The molecule has 170 valence electrons. The third-order valence-corrected chi connectivity index (χ3v) is 7.20. The zero-order valence-electron chi connectivity index (χ0n) is 18.1. The number of amides is 2. The van der Waals surface area contributed by atoms with Crippen LogP contribution in [0.3, 0.4) is 0 Å². The Hall–Kier alpha value is -3.24. The molecule has 5 nitrogen and oxygen atoms in total. The van der Waals surface area contributed by atoms with Crippen molar-refractivity contribution in [1.82, 2.24) is 0 Å². The highest BCUT2D eigenvalue weighted by Crippen LogP contribution is 2.42. The van der Waals surface area contributed by atoms with E-state index in [1.54, 1.807) is 36.4 Å². The monoisotopic (exact) mass is 507 g/mol. The number of aryl methyl sites for hydroxylation is 1. The van der Waals surface area contributed by atoms with Gasteiger partial charge in [-0.05, 0) is 49.2 Å². The molecule has 8 heteroatoms. The molecule has 0 spiro atoms. The summed E-state index contributed by atoms with van der Waals surface area (Å²) in [5.74, 6) is -0.809. The molecule has 1 aliphatic rings. The van der Waals surface area contributed by atoms with E-state index in [0.29, 0.717) is 27.8 Å². The Balaban J connectivity index is 1.71. The van der Waals surface area contributed by atoms with Gasteiger partial charge < -0.3 is 5.32 Å². The van der Waals surface area contributed by atoms with Crippen molar-refractivity contribution in [3.05, 3.63) is 105 Å². The fraction of sp³-hybridized carbons (Fsp3) is 0.115. The number of halogens is 2. The first-order valence-electron chi connectivity index (χ1n) is 10.4. The van der Waals surface area contributed by atoms with Crippen LogP contribution in [-0.4, -0.2) is 17.1 Å². The van der Waals surface area contributed by atoms with Crippen molar-refractivity contribution in [3.8, 4) is 6.07 Å². The topological polar surface area (TPSA) is 73.2 Å². The van der Waals surface area contributed by atoms with E-state index in [2.05, 4.69) is 5.32 Å². The summed E-state index contributed by atoms with van der Waals surface area (Å²) in [5.41, 5.74) is 2.95. The molecule has 0 saturated carbocycles. The summed E-state index contributed by atoms with van der Waals surface area (Å²) >= 11 is 13.2. The van der Waals surface area contributed by atoms with E-state index in [1.165, 1.54) is 22.7 Å². The number of nitriles is 1. The summed E-state index contributed by atoms with van der Waals surface area (Å²) in [6.45, 7) is 2.00. The molecule has 3 aromatic rings. The Bertz CT molecular complexity index is 1340. The number of rotatable bonds is 5. The second-order valence-electron chi connectivity index (χ2n) is 7.68. The minimum atomic E-state index is -0.631. The molecule has 0 aromatic heterocycles. The van der Waals surface area contributed by atoms with E-state index < -0.39 is 11.2 Å². The highest BCUT2D eigenvalue weighted by Gasteiger charge is 2.40. The van der Waals surface area contributed by atoms with Crippen molar-refractivity contribution in [2.45, 2.75) is 18.6 Å². The number of hydrogen-bond donors (Lipinski definition) is 1. The van der Waals surface area contributed by atoms with Crippen LogP contribution >= 0.6 is 35.0 Å². The lowest BCUT2D eigenvalue weighted by atomic mass is 10.1. The zero-order valence-corrected chi connectivity index (χ0v) is 20.4. The average molecular weight is 508 g/mol. The molecule has 3 aromatic carbocycles. The molecule has 1 atom stereocenters. The van der Waals surface area contributed by atoms with Crippen molar-refractivity contribution < 1.29 is 9.59 Å². The molecule has 0 radical (unpaired) electrons. The zero-order chi connectivity index (χ0) is 24.2. The van der Waals surface area contributed by atoms with Crippen LogP contribution in [-0.2, 0) is 16.0 Å². The number of carbonyl (C=O) groups excluding carboxylic acids is 2. The number of nitrogens with one attached hydrogen (secondary N) is 1. The molecule has 1 heterocycles. The van der Waals surface area contributed by atoms with Gasteiger partial charge in [-0.3, -0.25) is 14.5 Å². The van der Waals surface area contributed by atoms with Gasteiger partial charge in [0.25, 0.3) is 5.91 Å². The predicted octanol–water partition coefficient (Wildman–Crippen LogP) is 6.37. The van der Waals surface area contributed by atoms with E-state index in [0.717, 1.165) is 11.1 Å². The molecule has 1 N–H and O–H groups in total. The molecule has 1 aliphatic heterocycles. The summed E-state index contributed by atoms with van der Waals surface area (Å²) in [4.78, 5) is 28.0.